The molecular formula is C12H23NO3. The molecule has 1 saturated heterocycles. The highest BCUT2D eigenvalue weighted by atomic mass is 16.5. The van der Waals surface area contributed by atoms with Crippen molar-refractivity contribution in [1.82, 2.24) is 4.90 Å². The van der Waals surface area contributed by atoms with Crippen LogP contribution in [0.15, 0.2) is 0 Å². The summed E-state index contributed by atoms with van der Waals surface area (Å²) in [5.41, 5.74) is 0.217. The normalized spacial score (nSPS) is 25.9. The van der Waals surface area contributed by atoms with Crippen LogP contribution in [-0.4, -0.2) is 44.4 Å². The van der Waals surface area contributed by atoms with E-state index in [9.17, 15) is 4.79 Å². The lowest BCUT2D eigenvalue weighted by atomic mass is 9.79. The lowest BCUT2D eigenvalue weighted by Crippen LogP contribution is -2.38. The summed E-state index contributed by atoms with van der Waals surface area (Å²) in [4.78, 5) is 13.4. The third-order valence-electron chi connectivity index (χ3n) is 3.41. The minimum absolute atomic E-state index is 0.154. The van der Waals surface area contributed by atoms with Gasteiger partial charge in [0.05, 0.1) is 19.8 Å². The average Bonchev–Trinajstić information content (AvgIpc) is 2.61. The average molecular weight is 229 g/mol. The zero-order valence-electron chi connectivity index (χ0n) is 10.9. The summed E-state index contributed by atoms with van der Waals surface area (Å²) in [6.45, 7) is 7.98. The number of rotatable bonds is 2. The van der Waals surface area contributed by atoms with E-state index in [-0.39, 0.29) is 17.6 Å². The van der Waals surface area contributed by atoms with Gasteiger partial charge in [0.25, 0.3) is 0 Å². The number of ether oxygens (including phenoxy) is 2. The Kier molecular flexibility index (Phi) is 4.19. The molecule has 2 atom stereocenters. The quantitative estimate of drug-likeness (QED) is 0.728. The summed E-state index contributed by atoms with van der Waals surface area (Å²) in [5, 5.41) is 0. The molecule has 0 aromatic heterocycles. The number of amides is 1. The molecule has 0 unspecified atom stereocenters. The van der Waals surface area contributed by atoms with E-state index in [1.165, 1.54) is 7.11 Å². The van der Waals surface area contributed by atoms with Crippen molar-refractivity contribution in [3.8, 4) is 0 Å². The molecule has 0 bridgehead atoms. The van der Waals surface area contributed by atoms with Gasteiger partial charge in [-0.05, 0) is 17.8 Å². The number of nitrogens with zero attached hydrogens (tertiary/aromatic N) is 1. The van der Waals surface area contributed by atoms with Crippen LogP contribution in [0.5, 0.6) is 0 Å². The third-order valence-corrected chi connectivity index (χ3v) is 3.41. The molecule has 1 aliphatic heterocycles. The van der Waals surface area contributed by atoms with Gasteiger partial charge in [-0.2, -0.15) is 0 Å². The van der Waals surface area contributed by atoms with E-state index in [4.69, 9.17) is 9.47 Å². The summed E-state index contributed by atoms with van der Waals surface area (Å²) in [6, 6.07) is 0.154. The number of hydrogen-bond acceptors (Lipinski definition) is 3. The van der Waals surface area contributed by atoms with Crippen LogP contribution < -0.4 is 0 Å². The predicted octanol–water partition coefficient (Wildman–Crippen LogP) is 2.14. The standard InChI is InChI=1S/C12H23NO3/c1-12(2,3)9-6-10(8-15-4)13(7-9)11(14)16-5/h9-10H,6-8H2,1-5H3/t9-,10-/m0/s1. The maximum atomic E-state index is 11.6. The topological polar surface area (TPSA) is 38.8 Å². The Morgan fingerprint density at radius 2 is 2.00 bits per heavy atom. The smallest absolute Gasteiger partial charge is 0.409 e. The third kappa shape index (κ3) is 2.88. The van der Waals surface area contributed by atoms with Crippen molar-refractivity contribution in [2.75, 3.05) is 27.4 Å². The Hall–Kier alpha value is -0.770. The molecule has 94 valence electrons. The lowest BCUT2D eigenvalue weighted by Gasteiger charge is -2.26. The second-order valence-electron chi connectivity index (χ2n) is 5.53. The Morgan fingerprint density at radius 1 is 1.38 bits per heavy atom. The van der Waals surface area contributed by atoms with E-state index < -0.39 is 0 Å². The maximum Gasteiger partial charge on any atom is 0.409 e. The molecule has 1 rings (SSSR count). The molecule has 1 aliphatic rings. The molecule has 1 heterocycles. The summed E-state index contributed by atoms with van der Waals surface area (Å²) in [6.07, 6.45) is 0.751. The fourth-order valence-electron chi connectivity index (χ4n) is 2.24. The van der Waals surface area contributed by atoms with Gasteiger partial charge in [-0.15, -0.1) is 0 Å². The second kappa shape index (κ2) is 5.04. The maximum absolute atomic E-state index is 11.6. The van der Waals surface area contributed by atoms with Gasteiger partial charge in [-0.25, -0.2) is 4.79 Å². The molecule has 0 aliphatic carbocycles. The van der Waals surface area contributed by atoms with Crippen LogP contribution in [0.4, 0.5) is 4.79 Å². The van der Waals surface area contributed by atoms with Crippen molar-refractivity contribution in [2.24, 2.45) is 11.3 Å². The van der Waals surface area contributed by atoms with Gasteiger partial charge in [-0.3, -0.25) is 0 Å². The van der Waals surface area contributed by atoms with E-state index in [0.29, 0.717) is 12.5 Å². The Labute approximate surface area is 97.9 Å². The minimum Gasteiger partial charge on any atom is -0.453 e. The van der Waals surface area contributed by atoms with Gasteiger partial charge >= 0.3 is 6.09 Å². The Morgan fingerprint density at radius 3 is 2.44 bits per heavy atom. The minimum atomic E-state index is -0.242. The van der Waals surface area contributed by atoms with Gasteiger partial charge < -0.3 is 14.4 Å². The largest absolute Gasteiger partial charge is 0.453 e. The highest BCUT2D eigenvalue weighted by Gasteiger charge is 2.40. The molecule has 0 N–H and O–H groups in total. The van der Waals surface area contributed by atoms with Crippen molar-refractivity contribution in [2.45, 2.75) is 33.2 Å². The Bertz CT molecular complexity index is 247. The van der Waals surface area contributed by atoms with Crippen LogP contribution in [0.3, 0.4) is 0 Å². The first-order chi connectivity index (χ1) is 7.40. The van der Waals surface area contributed by atoms with Crippen LogP contribution in [0.25, 0.3) is 0 Å². The van der Waals surface area contributed by atoms with Crippen LogP contribution in [0, 0.1) is 11.3 Å². The van der Waals surface area contributed by atoms with Crippen molar-refractivity contribution in [3.63, 3.8) is 0 Å². The van der Waals surface area contributed by atoms with Crippen molar-refractivity contribution in [3.05, 3.63) is 0 Å². The van der Waals surface area contributed by atoms with Gasteiger partial charge in [0.1, 0.15) is 0 Å². The van der Waals surface area contributed by atoms with Gasteiger partial charge in [0, 0.05) is 13.7 Å². The zero-order valence-corrected chi connectivity index (χ0v) is 10.9. The molecule has 1 amide bonds. The first kappa shape index (κ1) is 13.3. The molecule has 0 saturated carbocycles. The second-order valence-corrected chi connectivity index (χ2v) is 5.53. The van der Waals surface area contributed by atoms with Gasteiger partial charge in [0.2, 0.25) is 0 Å². The van der Waals surface area contributed by atoms with Gasteiger partial charge in [0.15, 0.2) is 0 Å². The number of carbonyl (C=O) groups is 1. The summed E-state index contributed by atoms with van der Waals surface area (Å²) >= 11 is 0. The van der Waals surface area contributed by atoms with Crippen molar-refractivity contribution in [1.29, 1.82) is 0 Å². The number of carbonyl (C=O) groups excluding carboxylic acids is 1. The SMILES string of the molecule is COC[C@@H]1C[C@H](C(C)(C)C)CN1C(=O)OC. The highest BCUT2D eigenvalue weighted by molar-refractivity contribution is 5.68. The summed E-state index contributed by atoms with van der Waals surface area (Å²) < 4.78 is 9.97. The van der Waals surface area contributed by atoms with E-state index >= 15 is 0 Å². The van der Waals surface area contributed by atoms with E-state index in [1.54, 1.807) is 12.0 Å². The van der Waals surface area contributed by atoms with Crippen LogP contribution in [-0.2, 0) is 9.47 Å². The summed E-state index contributed by atoms with van der Waals surface area (Å²) in [5.74, 6) is 0.506. The fourth-order valence-corrected chi connectivity index (χ4v) is 2.24. The molecule has 1 fully saturated rings. The molecule has 0 radical (unpaired) electrons. The first-order valence-corrected chi connectivity index (χ1v) is 5.73. The van der Waals surface area contributed by atoms with E-state index in [1.807, 2.05) is 0 Å². The Balaban J connectivity index is 2.72. The molecule has 0 spiro atoms. The monoisotopic (exact) mass is 229 g/mol. The van der Waals surface area contributed by atoms with Crippen molar-refractivity contribution >= 4 is 6.09 Å². The molecule has 0 aromatic rings. The molecule has 4 heteroatoms. The van der Waals surface area contributed by atoms with Crippen LogP contribution in [0.1, 0.15) is 27.2 Å². The number of hydrogen-bond donors (Lipinski definition) is 0. The molecular weight excluding hydrogens is 206 g/mol. The number of methoxy groups -OCH3 is 2. The van der Waals surface area contributed by atoms with Gasteiger partial charge in [-0.1, -0.05) is 20.8 Å². The van der Waals surface area contributed by atoms with Crippen molar-refractivity contribution < 1.29 is 14.3 Å². The van der Waals surface area contributed by atoms with E-state index in [2.05, 4.69) is 20.8 Å². The first-order valence-electron chi connectivity index (χ1n) is 5.73. The number of likely N-dealkylation sites (tertiary alicyclic amines) is 1. The predicted molar refractivity (Wildman–Crippen MR) is 62.3 cm³/mol. The van der Waals surface area contributed by atoms with Crippen LogP contribution in [0.2, 0.25) is 0 Å². The zero-order chi connectivity index (χ0) is 12.3. The molecule has 4 nitrogen and oxygen atoms in total. The van der Waals surface area contributed by atoms with E-state index in [0.717, 1.165) is 13.0 Å². The molecule has 0 aromatic carbocycles. The lowest BCUT2D eigenvalue weighted by molar-refractivity contribution is 0.0868. The fraction of sp³-hybridized carbons (Fsp3) is 0.917. The highest BCUT2D eigenvalue weighted by Crippen LogP contribution is 2.37. The van der Waals surface area contributed by atoms with Crippen LogP contribution >= 0.6 is 0 Å². The molecule has 16 heavy (non-hydrogen) atoms. The summed E-state index contributed by atoms with van der Waals surface area (Å²) in [7, 11) is 3.09.